The molecule has 0 saturated heterocycles. The Balaban J connectivity index is 1.86. The van der Waals surface area contributed by atoms with E-state index in [1.807, 2.05) is 6.08 Å². The minimum atomic E-state index is -0.726. The van der Waals surface area contributed by atoms with Crippen LogP contribution in [-0.2, 0) is 6.42 Å². The molecule has 1 aliphatic carbocycles. The number of rotatable bonds is 4. The Labute approximate surface area is 126 Å². The summed E-state index contributed by atoms with van der Waals surface area (Å²) < 4.78 is 12.7. The molecular weight excluding hydrogens is 261 g/mol. The molecule has 0 bridgehead atoms. The lowest BCUT2D eigenvalue weighted by molar-refractivity contribution is 0.376. The first-order chi connectivity index (χ1) is 10.2. The maximum atomic E-state index is 12.7. The minimum absolute atomic E-state index is 0.513. The Hall–Kier alpha value is -1.88. The standard InChI is InChI=1S/C19H22FN/c1-2-15-6-10-17(11-7-15)18-12-8-16(9-13-18)4-3-5-19(20)14-21/h3-7,10-11,16,18H,2,8-9,12-13H2,1H3/b4-3+,19-5-/t16-,18-. The summed E-state index contributed by atoms with van der Waals surface area (Å²) in [7, 11) is 0. The quantitative estimate of drug-likeness (QED) is 0.532. The second-order valence-corrected chi connectivity index (χ2v) is 5.72. The highest BCUT2D eigenvalue weighted by molar-refractivity contribution is 5.26. The van der Waals surface area contributed by atoms with Crippen molar-refractivity contribution in [1.82, 2.24) is 0 Å². The third-order valence-corrected chi connectivity index (χ3v) is 4.36. The molecule has 0 radical (unpaired) electrons. The lowest BCUT2D eigenvalue weighted by atomic mass is 9.78. The van der Waals surface area contributed by atoms with Crippen molar-refractivity contribution in [2.24, 2.45) is 5.92 Å². The van der Waals surface area contributed by atoms with E-state index in [-0.39, 0.29) is 0 Å². The van der Waals surface area contributed by atoms with Crippen molar-refractivity contribution in [1.29, 1.82) is 5.26 Å². The van der Waals surface area contributed by atoms with Crippen molar-refractivity contribution >= 4 is 0 Å². The molecule has 1 aliphatic rings. The van der Waals surface area contributed by atoms with Crippen LogP contribution in [0.2, 0.25) is 0 Å². The van der Waals surface area contributed by atoms with Crippen LogP contribution in [-0.4, -0.2) is 0 Å². The second-order valence-electron chi connectivity index (χ2n) is 5.72. The fourth-order valence-corrected chi connectivity index (χ4v) is 3.00. The van der Waals surface area contributed by atoms with Gasteiger partial charge in [0, 0.05) is 0 Å². The summed E-state index contributed by atoms with van der Waals surface area (Å²) in [4.78, 5) is 0. The minimum Gasteiger partial charge on any atom is -0.195 e. The van der Waals surface area contributed by atoms with Gasteiger partial charge in [0.25, 0.3) is 0 Å². The van der Waals surface area contributed by atoms with E-state index in [1.165, 1.54) is 36.1 Å². The van der Waals surface area contributed by atoms with Crippen LogP contribution in [0.25, 0.3) is 0 Å². The fraction of sp³-hybridized carbons (Fsp3) is 0.421. The predicted octanol–water partition coefficient (Wildman–Crippen LogP) is 5.46. The molecule has 0 aliphatic heterocycles. The fourth-order valence-electron chi connectivity index (χ4n) is 3.00. The molecule has 0 heterocycles. The summed E-state index contributed by atoms with van der Waals surface area (Å²) in [5.74, 6) is 0.446. The molecule has 2 heteroatoms. The number of benzene rings is 1. The van der Waals surface area contributed by atoms with E-state index in [0.717, 1.165) is 19.3 Å². The van der Waals surface area contributed by atoms with Crippen molar-refractivity contribution in [3.05, 3.63) is 59.4 Å². The molecule has 1 aromatic carbocycles. The van der Waals surface area contributed by atoms with Gasteiger partial charge >= 0.3 is 0 Å². The first-order valence-corrected chi connectivity index (χ1v) is 7.75. The molecule has 0 aromatic heterocycles. The van der Waals surface area contributed by atoms with Gasteiger partial charge in [-0.15, -0.1) is 0 Å². The molecule has 1 nitrogen and oxygen atoms in total. The van der Waals surface area contributed by atoms with Gasteiger partial charge in [0.15, 0.2) is 5.83 Å². The number of nitriles is 1. The Morgan fingerprint density at radius 3 is 2.48 bits per heavy atom. The van der Waals surface area contributed by atoms with Crippen LogP contribution >= 0.6 is 0 Å². The third kappa shape index (κ3) is 4.56. The monoisotopic (exact) mass is 283 g/mol. The van der Waals surface area contributed by atoms with Crippen molar-refractivity contribution in [3.8, 4) is 6.07 Å². The van der Waals surface area contributed by atoms with Gasteiger partial charge < -0.3 is 0 Å². The van der Waals surface area contributed by atoms with E-state index < -0.39 is 5.83 Å². The van der Waals surface area contributed by atoms with Gasteiger partial charge in [-0.25, -0.2) is 0 Å². The van der Waals surface area contributed by atoms with Crippen LogP contribution in [0.4, 0.5) is 4.39 Å². The summed E-state index contributed by atoms with van der Waals surface area (Å²) in [6, 6.07) is 10.5. The summed E-state index contributed by atoms with van der Waals surface area (Å²) in [6.45, 7) is 2.18. The number of halogens is 1. The molecular formula is C19H22FN. The van der Waals surface area contributed by atoms with Crippen molar-refractivity contribution in [2.75, 3.05) is 0 Å². The Kier molecular flexibility index (Phi) is 5.75. The van der Waals surface area contributed by atoms with Crippen LogP contribution < -0.4 is 0 Å². The average Bonchev–Trinajstić information content (AvgIpc) is 2.55. The van der Waals surface area contributed by atoms with E-state index in [2.05, 4.69) is 31.2 Å². The maximum Gasteiger partial charge on any atom is 0.199 e. The van der Waals surface area contributed by atoms with E-state index in [4.69, 9.17) is 5.26 Å². The number of allylic oxidation sites excluding steroid dienone is 4. The number of hydrogen-bond acceptors (Lipinski definition) is 1. The van der Waals surface area contributed by atoms with Gasteiger partial charge in [-0.1, -0.05) is 43.3 Å². The normalized spacial score (nSPS) is 23.2. The van der Waals surface area contributed by atoms with Gasteiger partial charge in [0.05, 0.1) is 0 Å². The maximum absolute atomic E-state index is 12.7. The summed E-state index contributed by atoms with van der Waals surface area (Å²) in [5.41, 5.74) is 2.84. The number of nitrogens with zero attached hydrogens (tertiary/aromatic N) is 1. The van der Waals surface area contributed by atoms with Gasteiger partial charge in [0.1, 0.15) is 6.07 Å². The van der Waals surface area contributed by atoms with E-state index in [9.17, 15) is 4.39 Å². The third-order valence-electron chi connectivity index (χ3n) is 4.36. The molecule has 0 unspecified atom stereocenters. The first-order valence-electron chi connectivity index (χ1n) is 7.75. The lowest BCUT2D eigenvalue weighted by Crippen LogP contribution is -2.11. The molecule has 1 fully saturated rings. The summed E-state index contributed by atoms with van der Waals surface area (Å²) in [5, 5.41) is 8.34. The largest absolute Gasteiger partial charge is 0.199 e. The summed E-state index contributed by atoms with van der Waals surface area (Å²) in [6.07, 6.45) is 10.7. The zero-order valence-corrected chi connectivity index (χ0v) is 12.6. The zero-order valence-electron chi connectivity index (χ0n) is 12.6. The average molecular weight is 283 g/mol. The van der Waals surface area contributed by atoms with Gasteiger partial charge in [-0.2, -0.15) is 9.65 Å². The summed E-state index contributed by atoms with van der Waals surface area (Å²) >= 11 is 0. The highest BCUT2D eigenvalue weighted by Gasteiger charge is 2.20. The van der Waals surface area contributed by atoms with Crippen molar-refractivity contribution in [2.45, 2.75) is 44.9 Å². The molecule has 0 amide bonds. The highest BCUT2D eigenvalue weighted by atomic mass is 19.1. The number of hydrogen-bond donors (Lipinski definition) is 0. The smallest absolute Gasteiger partial charge is 0.195 e. The van der Waals surface area contributed by atoms with Crippen LogP contribution in [0.5, 0.6) is 0 Å². The van der Waals surface area contributed by atoms with Crippen molar-refractivity contribution in [3.63, 3.8) is 0 Å². The zero-order chi connectivity index (χ0) is 15.1. The highest BCUT2D eigenvalue weighted by Crippen LogP contribution is 2.36. The van der Waals surface area contributed by atoms with Crippen LogP contribution in [0.3, 0.4) is 0 Å². The van der Waals surface area contributed by atoms with Gasteiger partial charge in [0.2, 0.25) is 0 Å². The molecule has 1 aromatic rings. The molecule has 110 valence electrons. The lowest BCUT2D eigenvalue weighted by Gasteiger charge is -2.27. The molecule has 0 spiro atoms. The van der Waals surface area contributed by atoms with Crippen LogP contribution in [0, 0.1) is 17.2 Å². The molecule has 2 rings (SSSR count). The first kappa shape index (κ1) is 15.5. The Bertz CT molecular complexity index is 540. The predicted molar refractivity (Wildman–Crippen MR) is 84.5 cm³/mol. The van der Waals surface area contributed by atoms with E-state index in [1.54, 1.807) is 6.08 Å². The Morgan fingerprint density at radius 1 is 1.24 bits per heavy atom. The topological polar surface area (TPSA) is 23.8 Å². The molecule has 21 heavy (non-hydrogen) atoms. The van der Waals surface area contributed by atoms with Gasteiger partial charge in [-0.05, 0) is 61.1 Å². The second kappa shape index (κ2) is 7.78. The SMILES string of the molecule is CCc1ccc([C@H]2CC[C@H](/C=C/C=C(\F)C#N)CC2)cc1. The molecule has 0 atom stereocenters. The van der Waals surface area contributed by atoms with E-state index in [0.29, 0.717) is 11.8 Å². The van der Waals surface area contributed by atoms with Crippen LogP contribution in [0.1, 0.15) is 49.7 Å². The molecule has 0 N–H and O–H groups in total. The number of aryl methyl sites for hydroxylation is 1. The van der Waals surface area contributed by atoms with Crippen molar-refractivity contribution < 1.29 is 4.39 Å². The van der Waals surface area contributed by atoms with E-state index >= 15 is 0 Å². The van der Waals surface area contributed by atoms with Gasteiger partial charge in [-0.3, -0.25) is 0 Å². The Morgan fingerprint density at radius 2 is 1.90 bits per heavy atom. The molecule has 1 saturated carbocycles. The van der Waals surface area contributed by atoms with Crippen LogP contribution in [0.15, 0.2) is 48.3 Å².